The average molecular weight is 275 g/mol. The normalized spacial score (nSPS) is 25.8. The number of nitrogens with two attached hydrogens (primary N) is 1. The van der Waals surface area contributed by atoms with Crippen molar-refractivity contribution in [1.82, 2.24) is 4.90 Å². The van der Waals surface area contributed by atoms with Crippen molar-refractivity contribution in [2.45, 2.75) is 52.2 Å². The number of likely N-dealkylation sites (N-methyl/N-ethyl adjacent to an activating group) is 1. The summed E-state index contributed by atoms with van der Waals surface area (Å²) in [6.45, 7) is 11.0. The first-order chi connectivity index (χ1) is 9.38. The van der Waals surface area contributed by atoms with E-state index >= 15 is 0 Å². The highest BCUT2D eigenvalue weighted by atomic mass is 15.3. The monoisotopic (exact) mass is 275 g/mol. The number of benzene rings is 1. The van der Waals surface area contributed by atoms with Crippen molar-refractivity contribution < 1.29 is 0 Å². The maximum absolute atomic E-state index is 6.02. The maximum Gasteiger partial charge on any atom is 0.0400 e. The van der Waals surface area contributed by atoms with E-state index in [9.17, 15) is 0 Å². The first-order valence-corrected chi connectivity index (χ1v) is 7.70. The molecule has 1 aromatic carbocycles. The largest absolute Gasteiger partial charge is 0.368 e. The molecule has 1 aliphatic heterocycles. The fraction of sp³-hybridized carbons (Fsp3) is 0.647. The molecule has 3 atom stereocenters. The lowest BCUT2D eigenvalue weighted by Gasteiger charge is -2.44. The topological polar surface area (TPSA) is 32.5 Å². The summed E-state index contributed by atoms with van der Waals surface area (Å²) >= 11 is 0. The van der Waals surface area contributed by atoms with E-state index in [0.29, 0.717) is 12.1 Å². The van der Waals surface area contributed by atoms with Gasteiger partial charge in [-0.1, -0.05) is 17.7 Å². The molecule has 112 valence electrons. The van der Waals surface area contributed by atoms with Gasteiger partial charge in [-0.25, -0.2) is 0 Å². The van der Waals surface area contributed by atoms with Gasteiger partial charge < -0.3 is 10.6 Å². The quantitative estimate of drug-likeness (QED) is 0.919. The van der Waals surface area contributed by atoms with Crippen LogP contribution in [0.4, 0.5) is 5.69 Å². The van der Waals surface area contributed by atoms with Crippen LogP contribution in [0, 0.1) is 6.92 Å². The van der Waals surface area contributed by atoms with Crippen LogP contribution in [-0.4, -0.2) is 43.2 Å². The second-order valence-electron chi connectivity index (χ2n) is 6.58. The molecule has 3 unspecified atom stereocenters. The Hall–Kier alpha value is -1.06. The molecule has 0 aliphatic carbocycles. The lowest BCUT2D eigenvalue weighted by Crippen LogP contribution is -2.55. The Balaban J connectivity index is 2.27. The Morgan fingerprint density at radius 1 is 1.25 bits per heavy atom. The third kappa shape index (κ3) is 3.33. The minimum atomic E-state index is 0.206. The number of aryl methyl sites for hydroxylation is 1. The van der Waals surface area contributed by atoms with Gasteiger partial charge in [0.05, 0.1) is 0 Å². The van der Waals surface area contributed by atoms with Crippen LogP contribution in [-0.2, 0) is 6.42 Å². The third-order valence-corrected chi connectivity index (χ3v) is 4.48. The molecule has 1 heterocycles. The van der Waals surface area contributed by atoms with Gasteiger partial charge >= 0.3 is 0 Å². The van der Waals surface area contributed by atoms with Crippen LogP contribution in [0.5, 0.6) is 0 Å². The molecule has 2 N–H and O–H groups in total. The van der Waals surface area contributed by atoms with E-state index < -0.39 is 0 Å². The predicted molar refractivity (Wildman–Crippen MR) is 87.4 cm³/mol. The van der Waals surface area contributed by atoms with E-state index in [4.69, 9.17) is 5.73 Å². The van der Waals surface area contributed by atoms with Gasteiger partial charge in [0, 0.05) is 36.9 Å². The van der Waals surface area contributed by atoms with E-state index in [2.05, 4.69) is 62.7 Å². The smallest absolute Gasteiger partial charge is 0.0400 e. The Labute approximate surface area is 123 Å². The number of hydrogen-bond donors (Lipinski definition) is 1. The van der Waals surface area contributed by atoms with Gasteiger partial charge in [0.2, 0.25) is 0 Å². The fourth-order valence-corrected chi connectivity index (χ4v) is 3.13. The van der Waals surface area contributed by atoms with Gasteiger partial charge in [-0.2, -0.15) is 0 Å². The average Bonchev–Trinajstić information content (AvgIpc) is 2.35. The van der Waals surface area contributed by atoms with E-state index in [1.165, 1.54) is 16.8 Å². The van der Waals surface area contributed by atoms with E-state index in [1.807, 2.05) is 0 Å². The van der Waals surface area contributed by atoms with Crippen LogP contribution in [0.25, 0.3) is 0 Å². The second kappa shape index (κ2) is 6.15. The molecule has 2 rings (SSSR count). The van der Waals surface area contributed by atoms with Crippen molar-refractivity contribution in [1.29, 1.82) is 0 Å². The standard InChI is InChI=1S/C17H29N3/c1-12-6-7-17(16(8-12)9-13(2)18)20-10-14(3)19(5)15(4)11-20/h6-8,13-15H,9-11,18H2,1-5H3. The lowest BCUT2D eigenvalue weighted by molar-refractivity contribution is 0.170. The Morgan fingerprint density at radius 2 is 1.85 bits per heavy atom. The van der Waals surface area contributed by atoms with E-state index in [1.54, 1.807) is 0 Å². The summed E-state index contributed by atoms with van der Waals surface area (Å²) < 4.78 is 0. The van der Waals surface area contributed by atoms with Crippen molar-refractivity contribution >= 4 is 5.69 Å². The third-order valence-electron chi connectivity index (χ3n) is 4.48. The number of hydrogen-bond acceptors (Lipinski definition) is 3. The summed E-state index contributed by atoms with van der Waals surface area (Å²) in [5.74, 6) is 0. The predicted octanol–water partition coefficient (Wildman–Crippen LogP) is 2.41. The number of anilines is 1. The molecule has 0 saturated carbocycles. The van der Waals surface area contributed by atoms with E-state index in [0.717, 1.165) is 19.5 Å². The second-order valence-corrected chi connectivity index (χ2v) is 6.58. The zero-order chi connectivity index (χ0) is 14.9. The van der Waals surface area contributed by atoms with Crippen molar-refractivity contribution in [2.75, 3.05) is 25.0 Å². The highest BCUT2D eigenvalue weighted by Crippen LogP contribution is 2.27. The van der Waals surface area contributed by atoms with Crippen LogP contribution in [0.3, 0.4) is 0 Å². The van der Waals surface area contributed by atoms with Crippen LogP contribution >= 0.6 is 0 Å². The summed E-state index contributed by atoms with van der Waals surface area (Å²) in [4.78, 5) is 5.00. The molecule has 0 amide bonds. The summed E-state index contributed by atoms with van der Waals surface area (Å²) in [5.41, 5.74) is 10.1. The van der Waals surface area contributed by atoms with Crippen molar-refractivity contribution in [3.05, 3.63) is 29.3 Å². The molecule has 3 heteroatoms. The van der Waals surface area contributed by atoms with Crippen molar-refractivity contribution in [2.24, 2.45) is 5.73 Å². The highest BCUT2D eigenvalue weighted by Gasteiger charge is 2.27. The summed E-state index contributed by atoms with van der Waals surface area (Å²) in [6.07, 6.45) is 0.951. The Morgan fingerprint density at radius 3 is 2.40 bits per heavy atom. The Kier molecular flexibility index (Phi) is 4.71. The van der Waals surface area contributed by atoms with Gasteiger partial charge in [-0.15, -0.1) is 0 Å². The fourth-order valence-electron chi connectivity index (χ4n) is 3.13. The molecule has 1 aromatic rings. The minimum Gasteiger partial charge on any atom is -0.368 e. The van der Waals surface area contributed by atoms with Crippen LogP contribution < -0.4 is 10.6 Å². The molecule has 1 aliphatic rings. The van der Waals surface area contributed by atoms with Crippen molar-refractivity contribution in [3.63, 3.8) is 0 Å². The highest BCUT2D eigenvalue weighted by molar-refractivity contribution is 5.56. The molecule has 1 fully saturated rings. The number of nitrogens with zero attached hydrogens (tertiary/aromatic N) is 2. The van der Waals surface area contributed by atoms with Crippen molar-refractivity contribution in [3.8, 4) is 0 Å². The van der Waals surface area contributed by atoms with E-state index in [-0.39, 0.29) is 6.04 Å². The molecule has 3 nitrogen and oxygen atoms in total. The minimum absolute atomic E-state index is 0.206. The van der Waals surface area contributed by atoms with Gasteiger partial charge in [0.1, 0.15) is 0 Å². The summed E-state index contributed by atoms with van der Waals surface area (Å²) in [5, 5.41) is 0. The SMILES string of the molecule is Cc1ccc(N2CC(C)N(C)C(C)C2)c(CC(C)N)c1. The molecule has 0 spiro atoms. The molecule has 0 radical (unpaired) electrons. The van der Waals surface area contributed by atoms with Gasteiger partial charge in [-0.3, -0.25) is 4.90 Å². The lowest BCUT2D eigenvalue weighted by atomic mass is 10.00. The molecule has 0 bridgehead atoms. The van der Waals surface area contributed by atoms with Gasteiger partial charge in [0.25, 0.3) is 0 Å². The van der Waals surface area contributed by atoms with Crippen LogP contribution in [0.15, 0.2) is 18.2 Å². The molecular formula is C17H29N3. The number of piperazine rings is 1. The molecule has 1 saturated heterocycles. The molecule has 20 heavy (non-hydrogen) atoms. The van der Waals surface area contributed by atoms with Gasteiger partial charge in [-0.05, 0) is 52.8 Å². The van der Waals surface area contributed by atoms with Crippen LogP contribution in [0.2, 0.25) is 0 Å². The summed E-state index contributed by atoms with van der Waals surface area (Å²) in [7, 11) is 2.23. The first-order valence-electron chi connectivity index (χ1n) is 7.70. The first kappa shape index (κ1) is 15.3. The zero-order valence-electron chi connectivity index (χ0n) is 13.6. The zero-order valence-corrected chi connectivity index (χ0v) is 13.6. The Bertz CT molecular complexity index is 444. The van der Waals surface area contributed by atoms with Crippen LogP contribution in [0.1, 0.15) is 31.9 Å². The maximum atomic E-state index is 6.02. The number of rotatable bonds is 3. The molecule has 0 aromatic heterocycles. The summed E-state index contributed by atoms with van der Waals surface area (Å²) in [6, 6.07) is 8.17. The molecular weight excluding hydrogens is 246 g/mol. The van der Waals surface area contributed by atoms with Gasteiger partial charge in [0.15, 0.2) is 0 Å².